The average molecular weight is 347 g/mol. The molecule has 0 aliphatic heterocycles. The number of carboxylic acids is 1. The molecule has 0 spiro atoms. The first kappa shape index (κ1) is 18.2. The van der Waals surface area contributed by atoms with Crippen LogP contribution in [0.15, 0.2) is 23.1 Å². The molecule has 0 saturated carbocycles. The lowest BCUT2D eigenvalue weighted by Crippen LogP contribution is -2.34. The van der Waals surface area contributed by atoms with Crippen molar-refractivity contribution in [3.05, 3.63) is 23.2 Å². The van der Waals surface area contributed by atoms with Gasteiger partial charge in [-0.2, -0.15) is 9.57 Å². The van der Waals surface area contributed by atoms with E-state index in [2.05, 4.69) is 0 Å². The SMILES string of the molecule is CC(CC#N)N(C)S(=O)(=O)c1ccc(OCC(=O)O)c(Cl)c1. The number of halogens is 1. The van der Waals surface area contributed by atoms with Gasteiger partial charge < -0.3 is 9.84 Å². The maximum atomic E-state index is 12.4. The summed E-state index contributed by atoms with van der Waals surface area (Å²) in [5, 5.41) is 17.2. The molecule has 0 fully saturated rings. The van der Waals surface area contributed by atoms with Crippen LogP contribution in [-0.4, -0.2) is 43.5 Å². The Balaban J connectivity index is 3.04. The van der Waals surface area contributed by atoms with Crippen LogP contribution in [-0.2, 0) is 14.8 Å². The highest BCUT2D eigenvalue weighted by molar-refractivity contribution is 7.89. The molecule has 0 radical (unpaired) electrons. The summed E-state index contributed by atoms with van der Waals surface area (Å²) in [6.45, 7) is 1.04. The molecular formula is C13H15ClN2O5S. The fourth-order valence-electron chi connectivity index (χ4n) is 1.56. The zero-order valence-corrected chi connectivity index (χ0v) is 13.6. The monoisotopic (exact) mass is 346 g/mol. The van der Waals surface area contributed by atoms with E-state index >= 15 is 0 Å². The summed E-state index contributed by atoms with van der Waals surface area (Å²) < 4.78 is 30.8. The summed E-state index contributed by atoms with van der Waals surface area (Å²) in [5.41, 5.74) is 0. The second-order valence-corrected chi connectivity index (χ2v) is 6.91. The molecule has 1 unspecified atom stereocenters. The van der Waals surface area contributed by atoms with Gasteiger partial charge in [-0.05, 0) is 25.1 Å². The van der Waals surface area contributed by atoms with Gasteiger partial charge in [-0.15, -0.1) is 0 Å². The molecule has 1 aromatic carbocycles. The van der Waals surface area contributed by atoms with E-state index in [-0.39, 0.29) is 22.1 Å². The zero-order valence-electron chi connectivity index (χ0n) is 12.0. The molecule has 120 valence electrons. The van der Waals surface area contributed by atoms with Crippen LogP contribution in [0.2, 0.25) is 5.02 Å². The molecule has 1 atom stereocenters. The van der Waals surface area contributed by atoms with E-state index in [9.17, 15) is 13.2 Å². The maximum absolute atomic E-state index is 12.4. The van der Waals surface area contributed by atoms with E-state index < -0.39 is 28.6 Å². The molecule has 0 heterocycles. The molecule has 1 aromatic rings. The third kappa shape index (κ3) is 4.34. The molecule has 0 aromatic heterocycles. The van der Waals surface area contributed by atoms with Crippen molar-refractivity contribution in [1.82, 2.24) is 4.31 Å². The van der Waals surface area contributed by atoms with Gasteiger partial charge in [0.05, 0.1) is 22.4 Å². The number of hydrogen-bond donors (Lipinski definition) is 1. The normalized spacial score (nSPS) is 12.7. The highest BCUT2D eigenvalue weighted by Crippen LogP contribution is 2.29. The molecule has 0 aliphatic carbocycles. The number of nitriles is 1. The molecule has 0 saturated heterocycles. The summed E-state index contributed by atoms with van der Waals surface area (Å²) in [5.74, 6) is -1.09. The van der Waals surface area contributed by atoms with Crippen molar-refractivity contribution in [3.63, 3.8) is 0 Å². The van der Waals surface area contributed by atoms with Gasteiger partial charge in [0, 0.05) is 13.1 Å². The Morgan fingerprint density at radius 3 is 2.68 bits per heavy atom. The summed E-state index contributed by atoms with van der Waals surface area (Å²) in [7, 11) is -2.43. The fourth-order valence-corrected chi connectivity index (χ4v) is 3.25. The van der Waals surface area contributed by atoms with Crippen molar-refractivity contribution < 1.29 is 23.1 Å². The van der Waals surface area contributed by atoms with Gasteiger partial charge in [-0.25, -0.2) is 13.2 Å². The molecular weight excluding hydrogens is 332 g/mol. The zero-order chi connectivity index (χ0) is 16.9. The molecule has 1 rings (SSSR count). The third-order valence-electron chi connectivity index (χ3n) is 2.94. The quantitative estimate of drug-likeness (QED) is 0.805. The highest BCUT2D eigenvalue weighted by Gasteiger charge is 2.26. The van der Waals surface area contributed by atoms with E-state index in [1.54, 1.807) is 6.92 Å². The first-order chi connectivity index (χ1) is 10.2. The van der Waals surface area contributed by atoms with Crippen LogP contribution in [0.25, 0.3) is 0 Å². The second-order valence-electron chi connectivity index (χ2n) is 4.51. The van der Waals surface area contributed by atoms with Gasteiger partial charge in [0.2, 0.25) is 10.0 Å². The van der Waals surface area contributed by atoms with E-state index in [0.29, 0.717) is 0 Å². The van der Waals surface area contributed by atoms with Gasteiger partial charge in [0.15, 0.2) is 6.61 Å². The predicted octanol–water partition coefficient (Wildman–Crippen LogP) is 1.73. The number of sulfonamides is 1. The number of hydrogen-bond acceptors (Lipinski definition) is 5. The molecule has 7 nitrogen and oxygen atoms in total. The number of carbonyl (C=O) groups is 1. The fraction of sp³-hybridized carbons (Fsp3) is 0.385. The minimum Gasteiger partial charge on any atom is -0.480 e. The summed E-state index contributed by atoms with van der Waals surface area (Å²) in [6.07, 6.45) is 0.0588. The van der Waals surface area contributed by atoms with E-state index in [1.807, 2.05) is 6.07 Å². The lowest BCUT2D eigenvalue weighted by molar-refractivity contribution is -0.139. The molecule has 0 bridgehead atoms. The van der Waals surface area contributed by atoms with Crippen molar-refractivity contribution >= 4 is 27.6 Å². The minimum absolute atomic E-state index is 0.0105. The van der Waals surface area contributed by atoms with Crippen molar-refractivity contribution in [3.8, 4) is 11.8 Å². The standard InChI is InChI=1S/C13H15ClN2O5S/c1-9(5-6-15)16(2)22(19,20)10-3-4-12(11(14)7-10)21-8-13(17)18/h3-4,7,9H,5,8H2,1-2H3,(H,17,18). The highest BCUT2D eigenvalue weighted by atomic mass is 35.5. The number of carboxylic acid groups (broad SMARTS) is 1. The van der Waals surface area contributed by atoms with Crippen LogP contribution in [0, 0.1) is 11.3 Å². The number of nitrogens with zero attached hydrogens (tertiary/aromatic N) is 2. The minimum atomic E-state index is -3.81. The number of ether oxygens (including phenoxy) is 1. The third-order valence-corrected chi connectivity index (χ3v) is 5.20. The van der Waals surface area contributed by atoms with Gasteiger partial charge in [0.1, 0.15) is 5.75 Å². The summed E-state index contributed by atoms with van der Waals surface area (Å²) in [4.78, 5) is 10.4. The molecule has 1 N–H and O–H groups in total. The van der Waals surface area contributed by atoms with E-state index in [1.165, 1.54) is 25.2 Å². The Bertz CT molecular complexity index is 699. The molecule has 9 heteroatoms. The molecule has 0 amide bonds. The lowest BCUT2D eigenvalue weighted by Gasteiger charge is -2.22. The summed E-state index contributed by atoms with van der Waals surface area (Å²) in [6, 6.07) is 5.17. The van der Waals surface area contributed by atoms with Gasteiger partial charge >= 0.3 is 5.97 Å². The predicted molar refractivity (Wildman–Crippen MR) is 79.2 cm³/mol. The smallest absolute Gasteiger partial charge is 0.341 e. The van der Waals surface area contributed by atoms with Gasteiger partial charge in [-0.1, -0.05) is 11.6 Å². The number of rotatable bonds is 7. The van der Waals surface area contributed by atoms with Gasteiger partial charge in [0.25, 0.3) is 0 Å². The Morgan fingerprint density at radius 1 is 1.55 bits per heavy atom. The molecule has 22 heavy (non-hydrogen) atoms. The van der Waals surface area contributed by atoms with Crippen molar-refractivity contribution in [2.24, 2.45) is 0 Å². The summed E-state index contributed by atoms with van der Waals surface area (Å²) >= 11 is 5.91. The first-order valence-corrected chi connectivity index (χ1v) is 8.01. The molecule has 0 aliphatic rings. The van der Waals surface area contributed by atoms with Crippen LogP contribution in [0.3, 0.4) is 0 Å². The van der Waals surface area contributed by atoms with Crippen molar-refractivity contribution in [2.75, 3.05) is 13.7 Å². The van der Waals surface area contributed by atoms with Crippen LogP contribution < -0.4 is 4.74 Å². The maximum Gasteiger partial charge on any atom is 0.341 e. The van der Waals surface area contributed by atoms with Crippen molar-refractivity contribution in [2.45, 2.75) is 24.3 Å². The topological polar surface area (TPSA) is 108 Å². The second kappa shape index (κ2) is 7.45. The van der Waals surface area contributed by atoms with Crippen LogP contribution in [0.4, 0.5) is 0 Å². The Morgan fingerprint density at radius 2 is 2.18 bits per heavy atom. The number of benzene rings is 1. The Hall–Kier alpha value is -1.82. The lowest BCUT2D eigenvalue weighted by atomic mass is 10.3. The first-order valence-electron chi connectivity index (χ1n) is 6.19. The van der Waals surface area contributed by atoms with Crippen molar-refractivity contribution in [1.29, 1.82) is 5.26 Å². The van der Waals surface area contributed by atoms with E-state index in [4.69, 9.17) is 26.7 Å². The average Bonchev–Trinajstić information content (AvgIpc) is 2.45. The van der Waals surface area contributed by atoms with Gasteiger partial charge in [-0.3, -0.25) is 0 Å². The van der Waals surface area contributed by atoms with E-state index in [0.717, 1.165) is 4.31 Å². The van der Waals surface area contributed by atoms with Crippen LogP contribution >= 0.6 is 11.6 Å². The Kier molecular flexibility index (Phi) is 6.17. The van der Waals surface area contributed by atoms with Crippen LogP contribution in [0.5, 0.6) is 5.75 Å². The Labute approximate surface area is 133 Å². The van der Waals surface area contributed by atoms with Crippen LogP contribution in [0.1, 0.15) is 13.3 Å². The largest absolute Gasteiger partial charge is 0.480 e. The number of aliphatic carboxylic acids is 1.